The van der Waals surface area contributed by atoms with E-state index in [-0.39, 0.29) is 23.4 Å². The lowest BCUT2D eigenvalue weighted by atomic mass is 9.78. The molecular weight excluding hydrogens is 229 g/mol. The molecule has 1 aromatic rings. The van der Waals surface area contributed by atoms with Crippen LogP contribution in [0.4, 0.5) is 4.39 Å². The van der Waals surface area contributed by atoms with E-state index in [4.69, 9.17) is 0 Å². The van der Waals surface area contributed by atoms with Gasteiger partial charge in [-0.2, -0.15) is 0 Å². The summed E-state index contributed by atoms with van der Waals surface area (Å²) in [6.07, 6.45) is 0.461. The molecule has 2 atom stereocenters. The summed E-state index contributed by atoms with van der Waals surface area (Å²) in [4.78, 5) is 0. The first-order valence-electron chi connectivity index (χ1n) is 6.51. The van der Waals surface area contributed by atoms with Gasteiger partial charge in [-0.25, -0.2) is 4.39 Å². The lowest BCUT2D eigenvalue weighted by Crippen LogP contribution is -2.43. The molecule has 0 saturated carbocycles. The van der Waals surface area contributed by atoms with Crippen molar-refractivity contribution < 1.29 is 9.50 Å². The number of rotatable bonds is 6. The molecule has 0 aliphatic carbocycles. The lowest BCUT2D eigenvalue weighted by Gasteiger charge is -2.33. The fourth-order valence-corrected chi connectivity index (χ4v) is 1.89. The Morgan fingerprint density at radius 3 is 2.28 bits per heavy atom. The molecule has 0 aromatic heterocycles. The van der Waals surface area contributed by atoms with Crippen molar-refractivity contribution >= 4 is 0 Å². The quantitative estimate of drug-likeness (QED) is 0.817. The molecule has 18 heavy (non-hydrogen) atoms. The van der Waals surface area contributed by atoms with Gasteiger partial charge >= 0.3 is 0 Å². The fourth-order valence-electron chi connectivity index (χ4n) is 1.89. The van der Waals surface area contributed by atoms with E-state index in [0.717, 1.165) is 18.5 Å². The minimum atomic E-state index is -0.279. The Bertz CT molecular complexity index is 359. The number of halogens is 1. The predicted octanol–water partition coefficient (Wildman–Crippen LogP) is 2.85. The number of aliphatic hydroxyl groups is 1. The predicted molar refractivity (Wildman–Crippen MR) is 73.2 cm³/mol. The topological polar surface area (TPSA) is 32.3 Å². The van der Waals surface area contributed by atoms with Gasteiger partial charge in [-0.1, -0.05) is 26.0 Å². The van der Waals surface area contributed by atoms with Gasteiger partial charge in [0.05, 0.1) is 6.10 Å². The highest BCUT2D eigenvalue weighted by Gasteiger charge is 2.27. The van der Waals surface area contributed by atoms with Gasteiger partial charge in [0.2, 0.25) is 0 Å². The van der Waals surface area contributed by atoms with Crippen LogP contribution in [-0.2, 0) is 5.41 Å². The highest BCUT2D eigenvalue weighted by molar-refractivity contribution is 5.26. The van der Waals surface area contributed by atoms with Crippen LogP contribution in [0.25, 0.3) is 0 Å². The summed E-state index contributed by atoms with van der Waals surface area (Å²) >= 11 is 0. The van der Waals surface area contributed by atoms with E-state index in [1.54, 1.807) is 6.92 Å². The Hall–Kier alpha value is -0.930. The molecule has 0 bridgehead atoms. The Labute approximate surface area is 109 Å². The van der Waals surface area contributed by atoms with Gasteiger partial charge in [0.15, 0.2) is 0 Å². The zero-order valence-electron chi connectivity index (χ0n) is 11.7. The standard InChI is InChI=1S/C15H24FNO/c1-11(18)9-10-17-12(2)15(3,4)13-5-7-14(16)8-6-13/h5-8,11-12,17-18H,9-10H2,1-4H3. The van der Waals surface area contributed by atoms with Crippen LogP contribution in [0.15, 0.2) is 24.3 Å². The molecule has 2 nitrogen and oxygen atoms in total. The molecule has 3 heteroatoms. The van der Waals surface area contributed by atoms with Crippen LogP contribution in [0, 0.1) is 5.82 Å². The van der Waals surface area contributed by atoms with E-state index in [9.17, 15) is 9.50 Å². The maximum Gasteiger partial charge on any atom is 0.123 e. The molecule has 0 radical (unpaired) electrons. The fraction of sp³-hybridized carbons (Fsp3) is 0.600. The molecular formula is C15H24FNO. The monoisotopic (exact) mass is 253 g/mol. The van der Waals surface area contributed by atoms with Crippen LogP contribution >= 0.6 is 0 Å². The summed E-state index contributed by atoms with van der Waals surface area (Å²) < 4.78 is 12.9. The second-order valence-electron chi connectivity index (χ2n) is 5.54. The van der Waals surface area contributed by atoms with Crippen molar-refractivity contribution in [2.24, 2.45) is 0 Å². The zero-order chi connectivity index (χ0) is 13.8. The van der Waals surface area contributed by atoms with E-state index in [2.05, 4.69) is 26.1 Å². The van der Waals surface area contributed by atoms with Crippen LogP contribution in [-0.4, -0.2) is 23.8 Å². The summed E-state index contributed by atoms with van der Waals surface area (Å²) in [5, 5.41) is 12.6. The van der Waals surface area contributed by atoms with Crippen molar-refractivity contribution in [1.82, 2.24) is 5.32 Å². The van der Waals surface area contributed by atoms with Gasteiger partial charge in [-0.3, -0.25) is 0 Å². The summed E-state index contributed by atoms with van der Waals surface area (Å²) in [6.45, 7) is 8.97. The van der Waals surface area contributed by atoms with Gasteiger partial charge in [0.25, 0.3) is 0 Å². The van der Waals surface area contributed by atoms with E-state index in [1.807, 2.05) is 12.1 Å². The van der Waals surface area contributed by atoms with Crippen molar-refractivity contribution in [2.45, 2.75) is 51.7 Å². The van der Waals surface area contributed by atoms with Gasteiger partial charge in [0, 0.05) is 11.5 Å². The molecule has 1 aromatic carbocycles. The summed E-state index contributed by atoms with van der Waals surface area (Å²) in [6, 6.07) is 6.92. The molecule has 0 saturated heterocycles. The average Bonchev–Trinajstić information content (AvgIpc) is 2.28. The third-order valence-corrected chi connectivity index (χ3v) is 3.68. The summed E-state index contributed by atoms with van der Waals surface area (Å²) in [5.41, 5.74) is 1.03. The highest BCUT2D eigenvalue weighted by atomic mass is 19.1. The van der Waals surface area contributed by atoms with Crippen LogP contribution in [0.5, 0.6) is 0 Å². The van der Waals surface area contributed by atoms with E-state index < -0.39 is 0 Å². The summed E-state index contributed by atoms with van der Waals surface area (Å²) in [7, 11) is 0. The van der Waals surface area contributed by atoms with Crippen LogP contribution in [0.3, 0.4) is 0 Å². The zero-order valence-corrected chi connectivity index (χ0v) is 11.7. The molecule has 0 spiro atoms. The van der Waals surface area contributed by atoms with E-state index in [1.165, 1.54) is 12.1 Å². The maximum atomic E-state index is 12.9. The lowest BCUT2D eigenvalue weighted by molar-refractivity contribution is 0.180. The van der Waals surface area contributed by atoms with Crippen LogP contribution < -0.4 is 5.32 Å². The molecule has 0 heterocycles. The Kier molecular flexibility index (Phi) is 5.29. The largest absolute Gasteiger partial charge is 0.393 e. The van der Waals surface area contributed by atoms with Gasteiger partial charge < -0.3 is 10.4 Å². The van der Waals surface area contributed by atoms with Gasteiger partial charge in [0.1, 0.15) is 5.82 Å². The molecule has 0 aliphatic rings. The van der Waals surface area contributed by atoms with E-state index >= 15 is 0 Å². The Morgan fingerprint density at radius 2 is 1.78 bits per heavy atom. The molecule has 0 amide bonds. The average molecular weight is 253 g/mol. The second kappa shape index (κ2) is 6.30. The minimum absolute atomic E-state index is 0.0770. The smallest absolute Gasteiger partial charge is 0.123 e. The molecule has 1 rings (SSSR count). The van der Waals surface area contributed by atoms with Crippen molar-refractivity contribution in [3.63, 3.8) is 0 Å². The second-order valence-corrected chi connectivity index (χ2v) is 5.54. The number of hydrogen-bond acceptors (Lipinski definition) is 2. The van der Waals surface area contributed by atoms with E-state index in [0.29, 0.717) is 0 Å². The third-order valence-electron chi connectivity index (χ3n) is 3.68. The molecule has 0 fully saturated rings. The molecule has 2 unspecified atom stereocenters. The maximum absolute atomic E-state index is 12.9. The normalized spacial score (nSPS) is 15.4. The van der Waals surface area contributed by atoms with Crippen molar-refractivity contribution in [3.05, 3.63) is 35.6 Å². The Balaban J connectivity index is 2.64. The number of nitrogens with one attached hydrogen (secondary N) is 1. The molecule has 102 valence electrons. The van der Waals surface area contributed by atoms with Crippen molar-refractivity contribution in [1.29, 1.82) is 0 Å². The number of benzene rings is 1. The van der Waals surface area contributed by atoms with Crippen molar-refractivity contribution in [2.75, 3.05) is 6.54 Å². The number of aliphatic hydroxyl groups excluding tert-OH is 1. The van der Waals surface area contributed by atoms with Gasteiger partial charge in [-0.15, -0.1) is 0 Å². The van der Waals surface area contributed by atoms with Gasteiger partial charge in [-0.05, 0) is 44.5 Å². The SMILES string of the molecule is CC(O)CCNC(C)C(C)(C)c1ccc(F)cc1. The first kappa shape index (κ1) is 15.1. The first-order valence-corrected chi connectivity index (χ1v) is 6.51. The van der Waals surface area contributed by atoms with Crippen molar-refractivity contribution in [3.8, 4) is 0 Å². The van der Waals surface area contributed by atoms with Crippen LogP contribution in [0.1, 0.15) is 39.7 Å². The molecule has 0 aliphatic heterocycles. The highest BCUT2D eigenvalue weighted by Crippen LogP contribution is 2.27. The Morgan fingerprint density at radius 1 is 1.22 bits per heavy atom. The van der Waals surface area contributed by atoms with Crippen LogP contribution in [0.2, 0.25) is 0 Å². The summed E-state index contributed by atoms with van der Waals surface area (Å²) in [5.74, 6) is -0.204. The molecule has 2 N–H and O–H groups in total. The first-order chi connectivity index (χ1) is 8.34. The number of hydrogen-bond donors (Lipinski definition) is 2. The minimum Gasteiger partial charge on any atom is -0.393 e. The third kappa shape index (κ3) is 4.07.